The fourth-order valence-electron chi connectivity index (χ4n) is 2.11. The van der Waals surface area contributed by atoms with Gasteiger partial charge in [-0.05, 0) is 28.1 Å². The van der Waals surface area contributed by atoms with Gasteiger partial charge in [0.2, 0.25) is 0 Å². The molecule has 0 saturated heterocycles. The highest BCUT2D eigenvalue weighted by Crippen LogP contribution is 2.19. The van der Waals surface area contributed by atoms with E-state index in [0.717, 1.165) is 11.0 Å². The summed E-state index contributed by atoms with van der Waals surface area (Å²) in [6, 6.07) is 3.51. The zero-order chi connectivity index (χ0) is 15.0. The Hall–Kier alpha value is -2.22. The van der Waals surface area contributed by atoms with Crippen LogP contribution in [0.4, 0.5) is 5.82 Å². The lowest BCUT2D eigenvalue weighted by Gasteiger charge is -2.08. The maximum atomic E-state index is 12.0. The fourth-order valence-corrected chi connectivity index (χ4v) is 2.49. The molecule has 0 bridgehead atoms. The largest absolute Gasteiger partial charge is 0.372 e. The minimum absolute atomic E-state index is 0.114. The first-order valence-electron chi connectivity index (χ1n) is 6.31. The molecule has 0 saturated carbocycles. The van der Waals surface area contributed by atoms with Crippen LogP contribution in [-0.2, 0) is 13.6 Å². The Morgan fingerprint density at radius 2 is 2.19 bits per heavy atom. The van der Waals surface area contributed by atoms with Crippen molar-refractivity contribution >= 4 is 32.8 Å². The summed E-state index contributed by atoms with van der Waals surface area (Å²) in [5.74, 6) is 1.25. The van der Waals surface area contributed by atoms with Crippen molar-refractivity contribution in [2.45, 2.75) is 6.54 Å². The van der Waals surface area contributed by atoms with Gasteiger partial charge in [0, 0.05) is 20.3 Å². The van der Waals surface area contributed by atoms with Gasteiger partial charge in [-0.15, -0.1) is 0 Å². The Labute approximate surface area is 128 Å². The molecule has 1 N–H and O–H groups in total. The molecule has 0 fully saturated rings. The predicted octanol–water partition coefficient (Wildman–Crippen LogP) is 1.38. The third-order valence-corrected chi connectivity index (χ3v) is 3.76. The van der Waals surface area contributed by atoms with Gasteiger partial charge in [-0.2, -0.15) is 5.10 Å². The van der Waals surface area contributed by atoms with Crippen molar-refractivity contribution in [3.8, 4) is 0 Å². The summed E-state index contributed by atoms with van der Waals surface area (Å²) < 4.78 is 3.76. The van der Waals surface area contributed by atoms with Gasteiger partial charge in [0.25, 0.3) is 5.56 Å². The molecule has 3 rings (SSSR count). The molecule has 0 aliphatic rings. The van der Waals surface area contributed by atoms with E-state index in [2.05, 4.69) is 36.3 Å². The zero-order valence-electron chi connectivity index (χ0n) is 11.5. The van der Waals surface area contributed by atoms with Crippen LogP contribution >= 0.6 is 15.9 Å². The van der Waals surface area contributed by atoms with Crippen molar-refractivity contribution in [2.75, 3.05) is 12.4 Å². The molecule has 0 amide bonds. The summed E-state index contributed by atoms with van der Waals surface area (Å²) in [6.45, 7) is 0.300. The average molecular weight is 349 g/mol. The lowest BCUT2D eigenvalue weighted by atomic mass is 10.3. The Morgan fingerprint density at radius 1 is 1.38 bits per heavy atom. The summed E-state index contributed by atoms with van der Waals surface area (Å²) in [5, 5.41) is 8.07. The highest BCUT2D eigenvalue weighted by Gasteiger charge is 2.11. The van der Waals surface area contributed by atoms with Crippen LogP contribution in [0, 0.1) is 0 Å². The normalized spacial score (nSPS) is 11.0. The molecule has 0 aliphatic heterocycles. The summed E-state index contributed by atoms with van der Waals surface area (Å²) in [4.78, 5) is 21.0. The van der Waals surface area contributed by atoms with Gasteiger partial charge in [0.1, 0.15) is 5.82 Å². The van der Waals surface area contributed by atoms with Crippen LogP contribution in [0.25, 0.3) is 11.0 Å². The summed E-state index contributed by atoms with van der Waals surface area (Å²) in [5.41, 5.74) is 0.615. The molecule has 0 aromatic carbocycles. The minimum atomic E-state index is -0.114. The molecule has 21 heavy (non-hydrogen) atoms. The number of halogens is 1. The van der Waals surface area contributed by atoms with E-state index in [4.69, 9.17) is 0 Å². The number of hydrogen-bond acceptors (Lipinski definition) is 5. The van der Waals surface area contributed by atoms with E-state index in [0.29, 0.717) is 22.7 Å². The van der Waals surface area contributed by atoms with Gasteiger partial charge in [-0.3, -0.25) is 9.48 Å². The second-order valence-electron chi connectivity index (χ2n) is 4.53. The van der Waals surface area contributed by atoms with Crippen LogP contribution in [0.3, 0.4) is 0 Å². The molecule has 8 heteroatoms. The van der Waals surface area contributed by atoms with Gasteiger partial charge in [0.15, 0.2) is 11.5 Å². The number of fused-ring (bicyclic) bond motifs is 1. The molecule has 0 unspecified atom stereocenters. The SMILES string of the molecule is CNc1nc(Cn2cccc(Br)c2=O)nc2c1cnn2C. The van der Waals surface area contributed by atoms with E-state index in [1.165, 1.54) is 0 Å². The van der Waals surface area contributed by atoms with Gasteiger partial charge in [-0.1, -0.05) is 0 Å². The monoisotopic (exact) mass is 348 g/mol. The maximum absolute atomic E-state index is 12.0. The standard InChI is InChI=1S/C13H13BrN6O/c1-15-11-8-6-16-19(2)12(8)18-10(17-11)7-20-5-3-4-9(14)13(20)21/h3-6H,7H2,1-2H3,(H,15,17,18). The Balaban J connectivity index is 2.10. The lowest BCUT2D eigenvalue weighted by Crippen LogP contribution is -2.21. The van der Waals surface area contributed by atoms with Crippen LogP contribution < -0.4 is 10.9 Å². The van der Waals surface area contributed by atoms with E-state index in [1.807, 2.05) is 7.05 Å². The number of anilines is 1. The first-order valence-corrected chi connectivity index (χ1v) is 7.11. The van der Waals surface area contributed by atoms with Crippen molar-refractivity contribution in [1.82, 2.24) is 24.3 Å². The Kier molecular flexibility index (Phi) is 3.46. The Bertz CT molecular complexity index is 869. The molecular weight excluding hydrogens is 336 g/mol. The summed E-state index contributed by atoms with van der Waals surface area (Å²) in [6.07, 6.45) is 3.43. The quantitative estimate of drug-likeness (QED) is 0.773. The molecule has 0 radical (unpaired) electrons. The third kappa shape index (κ3) is 2.42. The topological polar surface area (TPSA) is 77.6 Å². The molecule has 0 spiro atoms. The Morgan fingerprint density at radius 3 is 2.95 bits per heavy atom. The summed E-state index contributed by atoms with van der Waals surface area (Å²) >= 11 is 3.23. The van der Waals surface area contributed by atoms with Crippen molar-refractivity contribution in [3.05, 3.63) is 45.2 Å². The third-order valence-electron chi connectivity index (χ3n) is 3.16. The highest BCUT2D eigenvalue weighted by atomic mass is 79.9. The van der Waals surface area contributed by atoms with Gasteiger partial charge in [-0.25, -0.2) is 9.97 Å². The van der Waals surface area contributed by atoms with Gasteiger partial charge < -0.3 is 9.88 Å². The van der Waals surface area contributed by atoms with Crippen molar-refractivity contribution in [3.63, 3.8) is 0 Å². The van der Waals surface area contributed by atoms with Crippen molar-refractivity contribution < 1.29 is 0 Å². The number of nitrogens with one attached hydrogen (secondary N) is 1. The highest BCUT2D eigenvalue weighted by molar-refractivity contribution is 9.10. The van der Waals surface area contributed by atoms with E-state index in [9.17, 15) is 4.79 Å². The molecule has 0 aliphatic carbocycles. The van der Waals surface area contributed by atoms with Gasteiger partial charge in [0.05, 0.1) is 22.6 Å². The maximum Gasteiger partial charge on any atom is 0.265 e. The van der Waals surface area contributed by atoms with E-state index < -0.39 is 0 Å². The number of aromatic nitrogens is 5. The molecule has 3 aromatic rings. The van der Waals surface area contributed by atoms with Crippen molar-refractivity contribution in [2.24, 2.45) is 7.05 Å². The smallest absolute Gasteiger partial charge is 0.265 e. The lowest BCUT2D eigenvalue weighted by molar-refractivity contribution is 0.708. The second kappa shape index (κ2) is 5.28. The van der Waals surface area contributed by atoms with Crippen LogP contribution in [0.2, 0.25) is 0 Å². The molecular formula is C13H13BrN6O. The minimum Gasteiger partial charge on any atom is -0.372 e. The molecule has 7 nitrogen and oxygen atoms in total. The predicted molar refractivity (Wildman–Crippen MR) is 83.4 cm³/mol. The van der Waals surface area contributed by atoms with Crippen LogP contribution in [0.15, 0.2) is 33.8 Å². The fraction of sp³-hybridized carbons (Fsp3) is 0.231. The number of aryl methyl sites for hydroxylation is 1. The van der Waals surface area contributed by atoms with E-state index in [1.54, 1.807) is 40.8 Å². The van der Waals surface area contributed by atoms with Crippen LogP contribution in [0.1, 0.15) is 5.82 Å². The molecule has 108 valence electrons. The number of hydrogen-bond donors (Lipinski definition) is 1. The second-order valence-corrected chi connectivity index (χ2v) is 5.39. The van der Waals surface area contributed by atoms with Gasteiger partial charge >= 0.3 is 0 Å². The molecule has 0 atom stereocenters. The first kappa shape index (κ1) is 13.7. The van der Waals surface area contributed by atoms with Crippen molar-refractivity contribution in [1.29, 1.82) is 0 Å². The van der Waals surface area contributed by atoms with E-state index in [-0.39, 0.29) is 5.56 Å². The number of pyridine rings is 1. The molecule has 3 heterocycles. The zero-order valence-corrected chi connectivity index (χ0v) is 13.1. The van der Waals surface area contributed by atoms with E-state index >= 15 is 0 Å². The van der Waals surface area contributed by atoms with Crippen LogP contribution in [-0.4, -0.2) is 31.4 Å². The summed E-state index contributed by atoms with van der Waals surface area (Å²) in [7, 11) is 3.62. The average Bonchev–Trinajstić information content (AvgIpc) is 2.85. The molecule has 3 aromatic heterocycles. The number of rotatable bonds is 3. The first-order chi connectivity index (χ1) is 10.1. The number of nitrogens with zero attached hydrogens (tertiary/aromatic N) is 5. The van der Waals surface area contributed by atoms with Crippen LogP contribution in [0.5, 0.6) is 0 Å².